The summed E-state index contributed by atoms with van der Waals surface area (Å²) in [7, 11) is 1.65. The number of aryl methyl sites for hydroxylation is 1. The van der Waals surface area contributed by atoms with Crippen molar-refractivity contribution in [1.82, 2.24) is 14.9 Å². The first-order valence-corrected chi connectivity index (χ1v) is 10.6. The monoisotopic (exact) mass is 411 g/mol. The first-order valence-electron chi connectivity index (χ1n) is 10.6. The van der Waals surface area contributed by atoms with Crippen molar-refractivity contribution in [3.63, 3.8) is 0 Å². The van der Waals surface area contributed by atoms with E-state index in [4.69, 9.17) is 14.2 Å². The SMILES string of the molecule is COc1ccc(CCC(=O)N2CCC3(CC2)CC(Oc2cnccn2)CCO3)cc1. The Morgan fingerprint density at radius 3 is 2.73 bits per heavy atom. The lowest BCUT2D eigenvalue weighted by molar-refractivity contribution is -0.151. The minimum atomic E-state index is -0.197. The summed E-state index contributed by atoms with van der Waals surface area (Å²) in [6.45, 7) is 2.15. The Kier molecular flexibility index (Phi) is 6.47. The van der Waals surface area contributed by atoms with E-state index >= 15 is 0 Å². The molecule has 0 N–H and O–H groups in total. The van der Waals surface area contributed by atoms with E-state index in [1.54, 1.807) is 25.7 Å². The van der Waals surface area contributed by atoms with Crippen molar-refractivity contribution in [2.24, 2.45) is 0 Å². The normalized spacial score (nSPS) is 20.7. The summed E-state index contributed by atoms with van der Waals surface area (Å²) in [5.41, 5.74) is 0.954. The Balaban J connectivity index is 1.25. The quantitative estimate of drug-likeness (QED) is 0.727. The lowest BCUT2D eigenvalue weighted by Gasteiger charge is -2.45. The number of hydrogen-bond acceptors (Lipinski definition) is 6. The molecule has 4 rings (SSSR count). The Bertz CT molecular complexity index is 820. The zero-order chi connectivity index (χ0) is 20.8. The molecule has 30 heavy (non-hydrogen) atoms. The zero-order valence-corrected chi connectivity index (χ0v) is 17.5. The van der Waals surface area contributed by atoms with Crippen molar-refractivity contribution in [3.05, 3.63) is 48.4 Å². The van der Waals surface area contributed by atoms with Gasteiger partial charge in [0.1, 0.15) is 11.9 Å². The largest absolute Gasteiger partial charge is 0.497 e. The fourth-order valence-corrected chi connectivity index (χ4v) is 4.31. The maximum absolute atomic E-state index is 12.7. The number of carbonyl (C=O) groups is 1. The summed E-state index contributed by atoms with van der Waals surface area (Å²) >= 11 is 0. The molecule has 1 unspecified atom stereocenters. The maximum Gasteiger partial charge on any atom is 0.232 e. The number of benzene rings is 1. The Morgan fingerprint density at radius 1 is 1.23 bits per heavy atom. The fourth-order valence-electron chi connectivity index (χ4n) is 4.31. The average Bonchev–Trinajstić information content (AvgIpc) is 2.79. The van der Waals surface area contributed by atoms with Gasteiger partial charge < -0.3 is 19.1 Å². The van der Waals surface area contributed by atoms with Gasteiger partial charge in [0.25, 0.3) is 0 Å². The summed E-state index contributed by atoms with van der Waals surface area (Å²) in [6.07, 6.45) is 9.65. The van der Waals surface area contributed by atoms with Crippen LogP contribution in [0.15, 0.2) is 42.9 Å². The van der Waals surface area contributed by atoms with Gasteiger partial charge in [0.05, 0.1) is 25.5 Å². The van der Waals surface area contributed by atoms with Gasteiger partial charge in [-0.15, -0.1) is 0 Å². The van der Waals surface area contributed by atoms with Crippen molar-refractivity contribution < 1.29 is 19.0 Å². The van der Waals surface area contributed by atoms with Crippen molar-refractivity contribution in [2.45, 2.75) is 50.2 Å². The lowest BCUT2D eigenvalue weighted by Crippen LogP contribution is -2.52. The predicted octanol–water partition coefficient (Wildman–Crippen LogP) is 3.04. The number of piperidine rings is 1. The molecular weight excluding hydrogens is 382 g/mol. The Morgan fingerprint density at radius 2 is 2.03 bits per heavy atom. The van der Waals surface area contributed by atoms with Crippen LogP contribution < -0.4 is 9.47 Å². The molecule has 1 aromatic carbocycles. The van der Waals surface area contributed by atoms with Crippen LogP contribution in [0.1, 0.15) is 37.7 Å². The fraction of sp³-hybridized carbons (Fsp3) is 0.522. The minimum absolute atomic E-state index is 0.0766. The molecule has 0 bridgehead atoms. The van der Waals surface area contributed by atoms with Crippen LogP contribution in [-0.2, 0) is 16.0 Å². The molecule has 2 saturated heterocycles. The molecule has 0 saturated carbocycles. The summed E-state index contributed by atoms with van der Waals surface area (Å²) in [4.78, 5) is 22.9. The molecule has 2 fully saturated rings. The zero-order valence-electron chi connectivity index (χ0n) is 17.5. The number of rotatable bonds is 6. The number of methoxy groups -OCH3 is 1. The van der Waals surface area contributed by atoms with Crippen LogP contribution in [0.2, 0.25) is 0 Å². The second-order valence-electron chi connectivity index (χ2n) is 8.04. The molecule has 0 radical (unpaired) electrons. The first-order chi connectivity index (χ1) is 14.7. The van der Waals surface area contributed by atoms with E-state index in [9.17, 15) is 4.79 Å². The van der Waals surface area contributed by atoms with E-state index in [2.05, 4.69) is 9.97 Å². The highest BCUT2D eigenvalue weighted by atomic mass is 16.5. The van der Waals surface area contributed by atoms with E-state index in [-0.39, 0.29) is 17.6 Å². The van der Waals surface area contributed by atoms with Gasteiger partial charge in [-0.25, -0.2) is 4.98 Å². The first kappa shape index (κ1) is 20.6. The van der Waals surface area contributed by atoms with E-state index in [0.717, 1.165) is 56.5 Å². The molecule has 3 heterocycles. The number of nitrogens with zero attached hydrogens (tertiary/aromatic N) is 3. The molecule has 1 spiro atoms. The van der Waals surface area contributed by atoms with Crippen LogP contribution in [-0.4, -0.2) is 59.3 Å². The van der Waals surface area contributed by atoms with Crippen LogP contribution >= 0.6 is 0 Å². The van der Waals surface area contributed by atoms with Gasteiger partial charge >= 0.3 is 0 Å². The number of carbonyl (C=O) groups excluding carboxylic acids is 1. The van der Waals surface area contributed by atoms with E-state index in [1.807, 2.05) is 29.2 Å². The Labute approximate surface area is 177 Å². The summed E-state index contributed by atoms with van der Waals surface area (Å²) in [5.74, 6) is 1.61. The van der Waals surface area contributed by atoms with Gasteiger partial charge in [0, 0.05) is 44.7 Å². The second kappa shape index (κ2) is 9.43. The van der Waals surface area contributed by atoms with Crippen LogP contribution in [0.5, 0.6) is 11.6 Å². The van der Waals surface area contributed by atoms with Crippen LogP contribution in [0.4, 0.5) is 0 Å². The van der Waals surface area contributed by atoms with Gasteiger partial charge in [0.2, 0.25) is 11.8 Å². The molecule has 1 amide bonds. The van der Waals surface area contributed by atoms with E-state index < -0.39 is 0 Å². The second-order valence-corrected chi connectivity index (χ2v) is 8.04. The highest BCUT2D eigenvalue weighted by molar-refractivity contribution is 5.76. The molecule has 2 aromatic rings. The third-order valence-electron chi connectivity index (χ3n) is 6.09. The molecule has 1 aromatic heterocycles. The molecule has 0 aliphatic carbocycles. The molecular formula is C23H29N3O4. The standard InChI is InChI=1S/C23H29N3O4/c1-28-19-5-2-18(3-6-19)4-7-22(27)26-13-9-23(10-14-26)16-20(8-15-29-23)30-21-17-24-11-12-25-21/h2-3,5-6,11-12,17,20H,4,7-10,13-16H2,1H3. The highest BCUT2D eigenvalue weighted by Crippen LogP contribution is 2.36. The Hall–Kier alpha value is -2.67. The molecule has 2 aliphatic heterocycles. The van der Waals surface area contributed by atoms with E-state index in [1.165, 1.54) is 0 Å². The van der Waals surface area contributed by atoms with Gasteiger partial charge in [-0.3, -0.25) is 9.78 Å². The van der Waals surface area contributed by atoms with Gasteiger partial charge in [-0.2, -0.15) is 0 Å². The van der Waals surface area contributed by atoms with Crippen molar-refractivity contribution in [1.29, 1.82) is 0 Å². The van der Waals surface area contributed by atoms with Crippen molar-refractivity contribution in [2.75, 3.05) is 26.8 Å². The summed E-state index contributed by atoms with van der Waals surface area (Å²) < 4.78 is 17.4. The molecule has 7 nitrogen and oxygen atoms in total. The van der Waals surface area contributed by atoms with Crippen LogP contribution in [0.3, 0.4) is 0 Å². The van der Waals surface area contributed by atoms with E-state index in [0.29, 0.717) is 18.9 Å². The topological polar surface area (TPSA) is 73.8 Å². The van der Waals surface area contributed by atoms with Crippen molar-refractivity contribution >= 4 is 5.91 Å². The number of amides is 1. The summed E-state index contributed by atoms with van der Waals surface area (Å²) in [5, 5.41) is 0. The van der Waals surface area contributed by atoms with Crippen LogP contribution in [0, 0.1) is 0 Å². The molecule has 2 aliphatic rings. The summed E-state index contributed by atoms with van der Waals surface area (Å²) in [6, 6.07) is 7.91. The van der Waals surface area contributed by atoms with Gasteiger partial charge in [-0.1, -0.05) is 12.1 Å². The van der Waals surface area contributed by atoms with Gasteiger partial charge in [0.15, 0.2) is 0 Å². The number of aromatic nitrogens is 2. The highest BCUT2D eigenvalue weighted by Gasteiger charge is 2.42. The number of hydrogen-bond donors (Lipinski definition) is 0. The average molecular weight is 412 g/mol. The van der Waals surface area contributed by atoms with Crippen molar-refractivity contribution in [3.8, 4) is 11.6 Å². The van der Waals surface area contributed by atoms with Crippen LogP contribution in [0.25, 0.3) is 0 Å². The number of likely N-dealkylation sites (tertiary alicyclic amines) is 1. The lowest BCUT2D eigenvalue weighted by atomic mass is 9.83. The van der Waals surface area contributed by atoms with Gasteiger partial charge in [-0.05, 0) is 37.0 Å². The molecule has 160 valence electrons. The minimum Gasteiger partial charge on any atom is -0.497 e. The smallest absolute Gasteiger partial charge is 0.232 e. The molecule has 1 atom stereocenters. The number of ether oxygens (including phenoxy) is 3. The molecule has 7 heteroatoms. The third kappa shape index (κ3) is 5.08. The third-order valence-corrected chi connectivity index (χ3v) is 6.09. The maximum atomic E-state index is 12.7. The predicted molar refractivity (Wildman–Crippen MR) is 111 cm³/mol.